The van der Waals surface area contributed by atoms with E-state index < -0.39 is 0 Å². The molecule has 0 saturated heterocycles. The lowest BCUT2D eigenvalue weighted by Gasteiger charge is -2.11. The maximum atomic E-state index is 6.36. The Hall–Kier alpha value is -0.0400. The molecule has 0 saturated carbocycles. The van der Waals surface area contributed by atoms with Gasteiger partial charge in [-0.1, -0.05) is 187 Å². The van der Waals surface area contributed by atoms with Gasteiger partial charge in [-0.05, 0) is 12.8 Å². The van der Waals surface area contributed by atoms with Crippen LogP contribution in [0.3, 0.4) is 0 Å². The summed E-state index contributed by atoms with van der Waals surface area (Å²) in [6, 6.07) is 0.468. The fourth-order valence-corrected chi connectivity index (χ4v) is 5.17. The van der Waals surface area contributed by atoms with Crippen LogP contribution < -0.4 is 5.73 Å². The largest absolute Gasteiger partial charge is 0.328 e. The van der Waals surface area contributed by atoms with Crippen LogP contribution in [-0.2, 0) is 0 Å². The van der Waals surface area contributed by atoms with Crippen molar-refractivity contribution in [2.45, 2.75) is 206 Å². The van der Waals surface area contributed by atoms with E-state index in [0.29, 0.717) is 6.04 Å². The molecule has 1 heteroatoms. The van der Waals surface area contributed by atoms with Crippen LogP contribution in [0.2, 0.25) is 0 Å². The Labute approximate surface area is 211 Å². The summed E-state index contributed by atoms with van der Waals surface area (Å²) in [5, 5.41) is 0. The Balaban J connectivity index is 3.13. The molecule has 0 rings (SSSR count). The zero-order chi connectivity index (χ0) is 24.1. The van der Waals surface area contributed by atoms with Gasteiger partial charge in [-0.15, -0.1) is 0 Å². The molecular formula is C32H67N. The summed E-state index contributed by atoms with van der Waals surface area (Å²) in [6.07, 6.45) is 41.4. The van der Waals surface area contributed by atoms with Crippen LogP contribution in [-0.4, -0.2) is 6.04 Å². The lowest BCUT2D eigenvalue weighted by molar-refractivity contribution is 0.477. The summed E-state index contributed by atoms with van der Waals surface area (Å²) >= 11 is 0. The van der Waals surface area contributed by atoms with Crippen LogP contribution in [0.4, 0.5) is 0 Å². The quantitative estimate of drug-likeness (QED) is 0.109. The van der Waals surface area contributed by atoms with Crippen LogP contribution in [0, 0.1) is 0 Å². The number of unbranched alkanes of at least 4 members (excludes halogenated alkanes) is 25. The molecule has 0 radical (unpaired) electrons. The van der Waals surface area contributed by atoms with E-state index in [9.17, 15) is 0 Å². The Morgan fingerprint density at radius 1 is 0.303 bits per heavy atom. The second kappa shape index (κ2) is 30.0. The molecule has 0 spiro atoms. The molecule has 0 aromatic carbocycles. The lowest BCUT2D eigenvalue weighted by atomic mass is 10.00. The predicted molar refractivity (Wildman–Crippen MR) is 153 cm³/mol. The van der Waals surface area contributed by atoms with Gasteiger partial charge in [0.15, 0.2) is 0 Å². The summed E-state index contributed by atoms with van der Waals surface area (Å²) < 4.78 is 0. The molecule has 1 nitrogen and oxygen atoms in total. The van der Waals surface area contributed by atoms with Gasteiger partial charge in [-0.2, -0.15) is 0 Å². The first-order chi connectivity index (χ1) is 16.3. The van der Waals surface area contributed by atoms with Crippen molar-refractivity contribution >= 4 is 0 Å². The molecule has 33 heavy (non-hydrogen) atoms. The Morgan fingerprint density at radius 3 is 0.697 bits per heavy atom. The van der Waals surface area contributed by atoms with Gasteiger partial charge in [0.05, 0.1) is 0 Å². The number of rotatable bonds is 29. The summed E-state index contributed by atoms with van der Waals surface area (Å²) in [5.74, 6) is 0. The second-order valence-corrected chi connectivity index (χ2v) is 11.2. The lowest BCUT2D eigenvalue weighted by Crippen LogP contribution is -2.19. The van der Waals surface area contributed by atoms with Crippen LogP contribution >= 0.6 is 0 Å². The highest BCUT2D eigenvalue weighted by Crippen LogP contribution is 2.16. The highest BCUT2D eigenvalue weighted by molar-refractivity contribution is 4.62. The molecule has 0 aliphatic carbocycles. The van der Waals surface area contributed by atoms with Crippen molar-refractivity contribution < 1.29 is 0 Å². The number of hydrogen-bond acceptors (Lipinski definition) is 1. The molecule has 1 atom stereocenters. The van der Waals surface area contributed by atoms with Gasteiger partial charge in [-0.25, -0.2) is 0 Å². The fraction of sp³-hybridized carbons (Fsp3) is 1.00. The van der Waals surface area contributed by atoms with Gasteiger partial charge in [0.25, 0.3) is 0 Å². The van der Waals surface area contributed by atoms with E-state index >= 15 is 0 Å². The van der Waals surface area contributed by atoms with Crippen molar-refractivity contribution in [2.75, 3.05) is 0 Å². The Kier molecular flexibility index (Phi) is 30.0. The van der Waals surface area contributed by atoms with Gasteiger partial charge in [0.1, 0.15) is 0 Å². The average Bonchev–Trinajstić information content (AvgIpc) is 2.82. The molecule has 0 aliphatic heterocycles. The standard InChI is InChI=1S/C32H67N/c1-3-5-7-9-11-13-15-17-19-21-23-25-27-29-31-32(33)30-28-26-24-22-20-18-16-14-12-10-8-6-4-2/h32H,3-31,33H2,1-2H3. The normalized spacial score (nSPS) is 12.5. The first kappa shape index (κ1) is 33.0. The topological polar surface area (TPSA) is 26.0 Å². The van der Waals surface area contributed by atoms with Crippen LogP contribution in [0.15, 0.2) is 0 Å². The minimum absolute atomic E-state index is 0.468. The monoisotopic (exact) mass is 466 g/mol. The van der Waals surface area contributed by atoms with E-state index in [2.05, 4.69) is 13.8 Å². The predicted octanol–water partition coefficient (Wildman–Crippen LogP) is 11.7. The van der Waals surface area contributed by atoms with Gasteiger partial charge >= 0.3 is 0 Å². The van der Waals surface area contributed by atoms with Crippen LogP contribution in [0.1, 0.15) is 200 Å². The minimum atomic E-state index is 0.468. The highest BCUT2D eigenvalue weighted by atomic mass is 14.6. The summed E-state index contributed by atoms with van der Waals surface area (Å²) in [4.78, 5) is 0. The first-order valence-corrected chi connectivity index (χ1v) is 16.1. The van der Waals surface area contributed by atoms with Gasteiger partial charge in [-0.3, -0.25) is 0 Å². The number of hydrogen-bond donors (Lipinski definition) is 1. The van der Waals surface area contributed by atoms with E-state index in [1.807, 2.05) is 0 Å². The summed E-state index contributed by atoms with van der Waals surface area (Å²) in [6.45, 7) is 4.60. The molecule has 0 amide bonds. The van der Waals surface area contributed by atoms with E-state index in [-0.39, 0.29) is 0 Å². The third-order valence-electron chi connectivity index (χ3n) is 7.61. The zero-order valence-corrected chi connectivity index (χ0v) is 23.7. The molecule has 0 heterocycles. The fourth-order valence-electron chi connectivity index (χ4n) is 5.17. The molecule has 0 fully saturated rings. The first-order valence-electron chi connectivity index (χ1n) is 16.1. The van der Waals surface area contributed by atoms with Crippen molar-refractivity contribution in [2.24, 2.45) is 5.73 Å². The molecule has 1 unspecified atom stereocenters. The molecule has 2 N–H and O–H groups in total. The molecular weight excluding hydrogens is 398 g/mol. The molecule has 0 aromatic rings. The van der Waals surface area contributed by atoms with Gasteiger partial charge in [0.2, 0.25) is 0 Å². The Morgan fingerprint density at radius 2 is 0.485 bits per heavy atom. The van der Waals surface area contributed by atoms with Gasteiger partial charge < -0.3 is 5.73 Å². The minimum Gasteiger partial charge on any atom is -0.328 e. The smallest absolute Gasteiger partial charge is 0.00388 e. The average molecular weight is 466 g/mol. The molecule has 0 aliphatic rings. The van der Waals surface area contributed by atoms with Crippen LogP contribution in [0.25, 0.3) is 0 Å². The second-order valence-electron chi connectivity index (χ2n) is 11.2. The number of nitrogens with two attached hydrogens (primary N) is 1. The maximum absolute atomic E-state index is 6.36. The van der Waals surface area contributed by atoms with Crippen molar-refractivity contribution in [1.29, 1.82) is 0 Å². The molecule has 0 bridgehead atoms. The third kappa shape index (κ3) is 29.9. The van der Waals surface area contributed by atoms with Crippen molar-refractivity contribution in [1.82, 2.24) is 0 Å². The summed E-state index contributed by atoms with van der Waals surface area (Å²) in [5.41, 5.74) is 6.36. The van der Waals surface area contributed by atoms with Gasteiger partial charge in [0, 0.05) is 6.04 Å². The zero-order valence-electron chi connectivity index (χ0n) is 23.7. The molecule has 0 aromatic heterocycles. The van der Waals surface area contributed by atoms with Crippen molar-refractivity contribution in [3.63, 3.8) is 0 Å². The highest BCUT2D eigenvalue weighted by Gasteiger charge is 2.02. The third-order valence-corrected chi connectivity index (χ3v) is 7.61. The van der Waals surface area contributed by atoms with Crippen LogP contribution in [0.5, 0.6) is 0 Å². The van der Waals surface area contributed by atoms with Crippen molar-refractivity contribution in [3.05, 3.63) is 0 Å². The Bertz CT molecular complexity index is 326. The van der Waals surface area contributed by atoms with E-state index in [1.165, 1.54) is 186 Å². The SMILES string of the molecule is CCCCCCCCCCCCCCCCC(N)CCCCCCCCCCCCCCC. The molecule has 200 valence electrons. The van der Waals surface area contributed by atoms with E-state index in [4.69, 9.17) is 5.73 Å². The van der Waals surface area contributed by atoms with Crippen molar-refractivity contribution in [3.8, 4) is 0 Å². The van der Waals surface area contributed by atoms with E-state index in [1.54, 1.807) is 0 Å². The maximum Gasteiger partial charge on any atom is 0.00388 e. The summed E-state index contributed by atoms with van der Waals surface area (Å²) in [7, 11) is 0. The van der Waals surface area contributed by atoms with E-state index in [0.717, 1.165) is 0 Å².